The highest BCUT2D eigenvalue weighted by Crippen LogP contribution is 2.23. The summed E-state index contributed by atoms with van der Waals surface area (Å²) < 4.78 is 13.7. The third-order valence-electron chi connectivity index (χ3n) is 3.05. The van der Waals surface area contributed by atoms with Gasteiger partial charge in [-0.05, 0) is 24.6 Å². The molecular weight excluding hydrogens is 243 g/mol. The second-order valence-electron chi connectivity index (χ2n) is 4.89. The van der Waals surface area contributed by atoms with Crippen molar-refractivity contribution in [2.24, 2.45) is 11.1 Å². The van der Waals surface area contributed by atoms with Crippen LogP contribution >= 0.6 is 0 Å². The van der Waals surface area contributed by atoms with E-state index in [0.717, 1.165) is 0 Å². The fourth-order valence-corrected chi connectivity index (χ4v) is 1.30. The smallest absolute Gasteiger partial charge is 0.230 e. The molecule has 102 valence electrons. The maximum atomic E-state index is 13.7. The standard InChI is InChI=1S/C15H19FN2O/c1-4-15(2,3)14(19)18-12-8-7-11(6-5-9-17)13(16)10-12/h7-8,10H,4,9,17H2,1-3H3,(H,18,19). The lowest BCUT2D eigenvalue weighted by Crippen LogP contribution is -2.30. The van der Waals surface area contributed by atoms with E-state index >= 15 is 0 Å². The molecule has 4 heteroatoms. The predicted octanol–water partition coefficient (Wildman–Crippen LogP) is 2.51. The second kappa shape index (κ2) is 6.35. The Labute approximate surface area is 113 Å². The van der Waals surface area contributed by atoms with E-state index in [4.69, 9.17) is 5.73 Å². The highest BCUT2D eigenvalue weighted by atomic mass is 19.1. The molecule has 0 aliphatic heterocycles. The van der Waals surface area contributed by atoms with Gasteiger partial charge in [0, 0.05) is 11.1 Å². The molecule has 1 aromatic rings. The lowest BCUT2D eigenvalue weighted by Gasteiger charge is -2.21. The van der Waals surface area contributed by atoms with Crippen molar-refractivity contribution in [3.63, 3.8) is 0 Å². The number of amides is 1. The van der Waals surface area contributed by atoms with Gasteiger partial charge in [-0.25, -0.2) is 4.39 Å². The number of hydrogen-bond acceptors (Lipinski definition) is 2. The van der Waals surface area contributed by atoms with E-state index < -0.39 is 11.2 Å². The maximum absolute atomic E-state index is 13.7. The average molecular weight is 262 g/mol. The molecule has 0 aliphatic rings. The van der Waals surface area contributed by atoms with Gasteiger partial charge in [0.1, 0.15) is 5.82 Å². The molecule has 1 amide bonds. The van der Waals surface area contributed by atoms with Crippen molar-refractivity contribution in [3.8, 4) is 11.8 Å². The zero-order valence-electron chi connectivity index (χ0n) is 11.5. The number of carbonyl (C=O) groups is 1. The summed E-state index contributed by atoms with van der Waals surface area (Å²) in [7, 11) is 0. The topological polar surface area (TPSA) is 55.1 Å². The Morgan fingerprint density at radius 2 is 2.16 bits per heavy atom. The predicted molar refractivity (Wildman–Crippen MR) is 75.0 cm³/mol. The molecule has 0 heterocycles. The fourth-order valence-electron chi connectivity index (χ4n) is 1.30. The highest BCUT2D eigenvalue weighted by molar-refractivity contribution is 5.94. The van der Waals surface area contributed by atoms with Crippen molar-refractivity contribution in [3.05, 3.63) is 29.6 Å². The Bertz CT molecular complexity index is 527. The summed E-state index contributed by atoms with van der Waals surface area (Å²) in [6.07, 6.45) is 0.710. The van der Waals surface area contributed by atoms with E-state index in [-0.39, 0.29) is 18.0 Å². The summed E-state index contributed by atoms with van der Waals surface area (Å²) in [5.41, 5.74) is 5.46. The second-order valence-corrected chi connectivity index (χ2v) is 4.89. The van der Waals surface area contributed by atoms with Gasteiger partial charge in [-0.2, -0.15) is 0 Å². The third-order valence-corrected chi connectivity index (χ3v) is 3.05. The van der Waals surface area contributed by atoms with Crippen LogP contribution in [0.1, 0.15) is 32.8 Å². The van der Waals surface area contributed by atoms with Gasteiger partial charge in [-0.1, -0.05) is 32.6 Å². The van der Waals surface area contributed by atoms with Crippen LogP contribution in [0.3, 0.4) is 0 Å². The molecule has 0 aromatic heterocycles. The SMILES string of the molecule is CCC(C)(C)C(=O)Nc1ccc(C#CCN)c(F)c1. The molecule has 1 aromatic carbocycles. The molecule has 0 spiro atoms. The molecule has 0 fully saturated rings. The highest BCUT2D eigenvalue weighted by Gasteiger charge is 2.25. The van der Waals surface area contributed by atoms with Gasteiger partial charge in [0.05, 0.1) is 12.1 Å². The molecule has 0 radical (unpaired) electrons. The van der Waals surface area contributed by atoms with Gasteiger partial charge >= 0.3 is 0 Å². The van der Waals surface area contributed by atoms with Crippen LogP contribution in [0.2, 0.25) is 0 Å². The van der Waals surface area contributed by atoms with Crippen LogP contribution in [-0.4, -0.2) is 12.5 Å². The van der Waals surface area contributed by atoms with E-state index in [1.54, 1.807) is 6.07 Å². The Kier molecular flexibility index (Phi) is 5.08. The molecule has 0 saturated carbocycles. The number of nitrogens with one attached hydrogen (secondary N) is 1. The van der Waals surface area contributed by atoms with E-state index in [1.807, 2.05) is 20.8 Å². The summed E-state index contributed by atoms with van der Waals surface area (Å²) >= 11 is 0. The van der Waals surface area contributed by atoms with Gasteiger partial charge in [0.25, 0.3) is 0 Å². The number of hydrogen-bond donors (Lipinski definition) is 2. The first-order chi connectivity index (χ1) is 8.90. The molecule has 0 saturated heterocycles. The molecule has 0 bridgehead atoms. The summed E-state index contributed by atoms with van der Waals surface area (Å²) in [6.45, 7) is 5.81. The van der Waals surface area contributed by atoms with E-state index in [1.165, 1.54) is 12.1 Å². The van der Waals surface area contributed by atoms with Crippen LogP contribution in [0, 0.1) is 23.1 Å². The summed E-state index contributed by atoms with van der Waals surface area (Å²) in [5.74, 6) is 4.63. The first-order valence-electron chi connectivity index (χ1n) is 6.20. The average Bonchev–Trinajstić information content (AvgIpc) is 2.37. The van der Waals surface area contributed by atoms with Gasteiger partial charge in [0.2, 0.25) is 5.91 Å². The van der Waals surface area contributed by atoms with Gasteiger partial charge in [-0.3, -0.25) is 4.79 Å². The van der Waals surface area contributed by atoms with Crippen molar-refractivity contribution in [1.82, 2.24) is 0 Å². The summed E-state index contributed by atoms with van der Waals surface area (Å²) in [4.78, 5) is 12.0. The first-order valence-corrected chi connectivity index (χ1v) is 6.20. The minimum Gasteiger partial charge on any atom is -0.326 e. The number of rotatable bonds is 3. The normalized spacial score (nSPS) is 10.6. The van der Waals surface area contributed by atoms with E-state index in [0.29, 0.717) is 12.1 Å². The minimum absolute atomic E-state index is 0.129. The minimum atomic E-state index is -0.478. The Morgan fingerprint density at radius 1 is 1.47 bits per heavy atom. The van der Waals surface area contributed by atoms with Crippen LogP contribution < -0.4 is 11.1 Å². The van der Waals surface area contributed by atoms with Crippen molar-refractivity contribution >= 4 is 11.6 Å². The number of halogens is 1. The van der Waals surface area contributed by atoms with Crippen molar-refractivity contribution in [2.75, 3.05) is 11.9 Å². The van der Waals surface area contributed by atoms with Crippen molar-refractivity contribution < 1.29 is 9.18 Å². The maximum Gasteiger partial charge on any atom is 0.230 e. The fraction of sp³-hybridized carbons (Fsp3) is 0.400. The van der Waals surface area contributed by atoms with Gasteiger partial charge < -0.3 is 11.1 Å². The Morgan fingerprint density at radius 3 is 2.68 bits per heavy atom. The van der Waals surface area contributed by atoms with Crippen LogP contribution in [0.4, 0.5) is 10.1 Å². The van der Waals surface area contributed by atoms with Gasteiger partial charge in [-0.15, -0.1) is 0 Å². The van der Waals surface area contributed by atoms with Crippen molar-refractivity contribution in [1.29, 1.82) is 0 Å². The molecule has 3 N–H and O–H groups in total. The van der Waals surface area contributed by atoms with Crippen LogP contribution in [0.5, 0.6) is 0 Å². The molecule has 19 heavy (non-hydrogen) atoms. The molecule has 0 aliphatic carbocycles. The quantitative estimate of drug-likeness (QED) is 0.822. The lowest BCUT2D eigenvalue weighted by molar-refractivity contribution is -0.124. The van der Waals surface area contributed by atoms with Crippen LogP contribution in [-0.2, 0) is 4.79 Å². The van der Waals surface area contributed by atoms with E-state index in [9.17, 15) is 9.18 Å². The van der Waals surface area contributed by atoms with Crippen LogP contribution in [0.15, 0.2) is 18.2 Å². The summed E-state index contributed by atoms with van der Waals surface area (Å²) in [6, 6.07) is 4.43. The zero-order chi connectivity index (χ0) is 14.5. The molecule has 0 atom stereocenters. The molecule has 1 rings (SSSR count). The monoisotopic (exact) mass is 262 g/mol. The Balaban J connectivity index is 2.88. The molecule has 0 unspecified atom stereocenters. The van der Waals surface area contributed by atoms with E-state index in [2.05, 4.69) is 17.2 Å². The first kappa shape index (κ1) is 15.2. The molecular formula is C15H19FN2O. The molecule has 3 nitrogen and oxygen atoms in total. The summed E-state index contributed by atoms with van der Waals surface area (Å²) in [5, 5.41) is 2.71. The van der Waals surface area contributed by atoms with Gasteiger partial charge in [0.15, 0.2) is 0 Å². The number of anilines is 1. The lowest BCUT2D eigenvalue weighted by atomic mass is 9.89. The number of carbonyl (C=O) groups excluding carboxylic acids is 1. The number of benzene rings is 1. The zero-order valence-corrected chi connectivity index (χ0v) is 11.5. The largest absolute Gasteiger partial charge is 0.326 e. The van der Waals surface area contributed by atoms with Crippen molar-refractivity contribution in [2.45, 2.75) is 27.2 Å². The number of nitrogens with two attached hydrogens (primary N) is 1. The third kappa shape index (κ3) is 4.08. The van der Waals surface area contributed by atoms with Crippen LogP contribution in [0.25, 0.3) is 0 Å². The Hall–Kier alpha value is -1.86.